The highest BCUT2D eigenvalue weighted by atomic mass is 16.6. The first-order chi connectivity index (χ1) is 12.4. The van der Waals surface area contributed by atoms with Gasteiger partial charge in [-0.2, -0.15) is 0 Å². The Labute approximate surface area is 150 Å². The van der Waals surface area contributed by atoms with Crippen LogP contribution in [-0.2, 0) is 14.3 Å². The second-order valence-corrected chi connectivity index (χ2v) is 5.89. The van der Waals surface area contributed by atoms with Crippen molar-refractivity contribution in [3.8, 4) is 0 Å². The molecular formula is C17H21N3O6. The lowest BCUT2D eigenvalue weighted by Gasteiger charge is -2.34. The number of nitrogens with one attached hydrogen (secondary N) is 1. The first-order valence-electron chi connectivity index (χ1n) is 8.42. The van der Waals surface area contributed by atoms with Gasteiger partial charge in [0.05, 0.1) is 18.0 Å². The fourth-order valence-electron chi connectivity index (χ4n) is 2.60. The maximum atomic E-state index is 12.7. The first-order valence-corrected chi connectivity index (χ1v) is 8.42. The van der Waals surface area contributed by atoms with Crippen LogP contribution in [0.5, 0.6) is 0 Å². The third-order valence-corrected chi connectivity index (χ3v) is 4.04. The van der Waals surface area contributed by atoms with Gasteiger partial charge in [0.25, 0.3) is 11.6 Å². The number of nitro groups is 1. The number of ether oxygens (including phenoxy) is 1. The Hall–Kier alpha value is -2.97. The Morgan fingerprint density at radius 1 is 1.35 bits per heavy atom. The average molecular weight is 363 g/mol. The number of carbonyl (C=O) groups is 3. The molecule has 0 bridgehead atoms. The molecule has 1 heterocycles. The monoisotopic (exact) mass is 363 g/mol. The lowest BCUT2D eigenvalue weighted by atomic mass is 10.1. The predicted octanol–water partition coefficient (Wildman–Crippen LogP) is 1.27. The van der Waals surface area contributed by atoms with Crippen LogP contribution in [0.2, 0.25) is 0 Å². The van der Waals surface area contributed by atoms with E-state index in [9.17, 15) is 24.5 Å². The largest absolute Gasteiger partial charge is 0.466 e. The van der Waals surface area contributed by atoms with Crippen molar-refractivity contribution in [3.05, 3.63) is 39.9 Å². The molecule has 140 valence electrons. The minimum Gasteiger partial charge on any atom is -0.466 e. The van der Waals surface area contributed by atoms with Crippen LogP contribution in [0.1, 0.15) is 36.5 Å². The van der Waals surface area contributed by atoms with Gasteiger partial charge in [0.15, 0.2) is 0 Å². The summed E-state index contributed by atoms with van der Waals surface area (Å²) in [6, 6.07) is 4.17. The standard InChI is InChI=1S/C17H21N3O6/c1-2-3-10-26-15(21)11-14-16(22)18-8-9-19(14)17(23)12-4-6-13(7-5-12)20(24)25/h4-7,14H,2-3,8-11H2,1H3,(H,18,22)/t14-/m0/s1. The highest BCUT2D eigenvalue weighted by Gasteiger charge is 2.35. The summed E-state index contributed by atoms with van der Waals surface area (Å²) in [7, 11) is 0. The molecule has 1 aliphatic heterocycles. The normalized spacial score (nSPS) is 16.7. The molecule has 2 rings (SSSR count). The second-order valence-electron chi connectivity index (χ2n) is 5.89. The fraction of sp³-hybridized carbons (Fsp3) is 0.471. The van der Waals surface area contributed by atoms with Crippen molar-refractivity contribution in [2.45, 2.75) is 32.2 Å². The molecule has 26 heavy (non-hydrogen) atoms. The molecule has 9 nitrogen and oxygen atoms in total. The molecule has 0 spiro atoms. The van der Waals surface area contributed by atoms with E-state index in [4.69, 9.17) is 4.74 Å². The maximum absolute atomic E-state index is 12.7. The lowest BCUT2D eigenvalue weighted by Crippen LogP contribution is -2.57. The lowest BCUT2D eigenvalue weighted by molar-refractivity contribution is -0.384. The van der Waals surface area contributed by atoms with Crippen LogP contribution in [-0.4, -0.2) is 53.3 Å². The molecule has 1 saturated heterocycles. The average Bonchev–Trinajstić information content (AvgIpc) is 2.63. The van der Waals surface area contributed by atoms with Crippen molar-refractivity contribution in [1.29, 1.82) is 0 Å². The van der Waals surface area contributed by atoms with Gasteiger partial charge in [-0.25, -0.2) is 0 Å². The van der Waals surface area contributed by atoms with E-state index >= 15 is 0 Å². The van der Waals surface area contributed by atoms with E-state index in [1.54, 1.807) is 0 Å². The molecule has 1 aromatic carbocycles. The summed E-state index contributed by atoms with van der Waals surface area (Å²) in [5, 5.41) is 13.3. The van der Waals surface area contributed by atoms with Crippen LogP contribution in [0.4, 0.5) is 5.69 Å². The van der Waals surface area contributed by atoms with E-state index in [0.29, 0.717) is 0 Å². The van der Waals surface area contributed by atoms with Crippen molar-refractivity contribution in [1.82, 2.24) is 10.2 Å². The zero-order valence-electron chi connectivity index (χ0n) is 14.5. The quantitative estimate of drug-likeness (QED) is 0.337. The SMILES string of the molecule is CCCCOC(=O)C[C@H]1C(=O)NCCN1C(=O)c1ccc([N+](=O)[O-])cc1. The molecular weight excluding hydrogens is 342 g/mol. The number of nitro benzene ring substituents is 1. The molecule has 0 aliphatic carbocycles. The Bertz CT molecular complexity index is 688. The fourth-order valence-corrected chi connectivity index (χ4v) is 2.60. The minimum atomic E-state index is -0.958. The van der Waals surface area contributed by atoms with Gasteiger partial charge in [-0.1, -0.05) is 13.3 Å². The van der Waals surface area contributed by atoms with Crippen molar-refractivity contribution < 1.29 is 24.0 Å². The van der Waals surface area contributed by atoms with Gasteiger partial charge in [0, 0.05) is 30.8 Å². The number of benzene rings is 1. The Morgan fingerprint density at radius 3 is 2.65 bits per heavy atom. The van der Waals surface area contributed by atoms with Gasteiger partial charge in [-0.05, 0) is 18.6 Å². The molecule has 1 fully saturated rings. The summed E-state index contributed by atoms with van der Waals surface area (Å²) in [5.74, 6) is -1.41. The van der Waals surface area contributed by atoms with Gasteiger partial charge in [-0.3, -0.25) is 24.5 Å². The third kappa shape index (κ3) is 4.78. The summed E-state index contributed by atoms with van der Waals surface area (Å²) in [6.07, 6.45) is 1.38. The first kappa shape index (κ1) is 19.4. The molecule has 0 saturated carbocycles. The number of hydrogen-bond acceptors (Lipinski definition) is 6. The number of rotatable bonds is 7. The van der Waals surface area contributed by atoms with Crippen molar-refractivity contribution >= 4 is 23.5 Å². The number of nitrogens with zero attached hydrogens (tertiary/aromatic N) is 2. The number of unbranched alkanes of at least 4 members (excludes halogenated alkanes) is 1. The van der Waals surface area contributed by atoms with Crippen molar-refractivity contribution in [3.63, 3.8) is 0 Å². The van der Waals surface area contributed by atoms with E-state index in [1.807, 2.05) is 6.92 Å². The van der Waals surface area contributed by atoms with E-state index in [0.717, 1.165) is 12.8 Å². The number of esters is 1. The third-order valence-electron chi connectivity index (χ3n) is 4.04. The predicted molar refractivity (Wildman–Crippen MR) is 91.4 cm³/mol. The maximum Gasteiger partial charge on any atom is 0.308 e. The van der Waals surface area contributed by atoms with Gasteiger partial charge >= 0.3 is 5.97 Å². The molecule has 1 aromatic rings. The van der Waals surface area contributed by atoms with Gasteiger partial charge in [0.2, 0.25) is 5.91 Å². The highest BCUT2D eigenvalue weighted by molar-refractivity contribution is 5.99. The van der Waals surface area contributed by atoms with Gasteiger partial charge in [0.1, 0.15) is 6.04 Å². The van der Waals surface area contributed by atoms with E-state index in [-0.39, 0.29) is 37.4 Å². The van der Waals surface area contributed by atoms with Gasteiger partial charge in [-0.15, -0.1) is 0 Å². The number of hydrogen-bond donors (Lipinski definition) is 1. The smallest absolute Gasteiger partial charge is 0.308 e. The number of carbonyl (C=O) groups excluding carboxylic acids is 3. The minimum absolute atomic E-state index is 0.131. The molecule has 1 aliphatic rings. The Kier molecular flexibility index (Phi) is 6.65. The summed E-state index contributed by atoms with van der Waals surface area (Å²) < 4.78 is 5.08. The van der Waals surface area contributed by atoms with E-state index in [2.05, 4.69) is 5.32 Å². The molecule has 0 aromatic heterocycles. The highest BCUT2D eigenvalue weighted by Crippen LogP contribution is 2.17. The number of piperazine rings is 1. The summed E-state index contributed by atoms with van der Waals surface area (Å²) >= 11 is 0. The van der Waals surface area contributed by atoms with Crippen molar-refractivity contribution in [2.75, 3.05) is 19.7 Å². The molecule has 2 amide bonds. The van der Waals surface area contributed by atoms with Crippen LogP contribution in [0, 0.1) is 10.1 Å². The van der Waals surface area contributed by atoms with Crippen LogP contribution >= 0.6 is 0 Å². The zero-order chi connectivity index (χ0) is 19.1. The molecule has 1 N–H and O–H groups in total. The Morgan fingerprint density at radius 2 is 2.04 bits per heavy atom. The second kappa shape index (κ2) is 8.93. The molecule has 1 atom stereocenters. The summed E-state index contributed by atoms with van der Waals surface area (Å²) in [5.41, 5.74) is 0.0867. The van der Waals surface area contributed by atoms with Crippen LogP contribution in [0.25, 0.3) is 0 Å². The van der Waals surface area contributed by atoms with Gasteiger partial charge < -0.3 is 15.0 Å². The molecule has 0 unspecified atom stereocenters. The number of non-ortho nitro benzene ring substituents is 1. The molecule has 0 radical (unpaired) electrons. The Balaban J connectivity index is 2.10. The van der Waals surface area contributed by atoms with Crippen LogP contribution in [0.15, 0.2) is 24.3 Å². The van der Waals surface area contributed by atoms with Crippen LogP contribution in [0.3, 0.4) is 0 Å². The van der Waals surface area contributed by atoms with E-state index < -0.39 is 28.7 Å². The zero-order valence-corrected chi connectivity index (χ0v) is 14.5. The summed E-state index contributed by atoms with van der Waals surface area (Å²) in [4.78, 5) is 48.3. The number of amides is 2. The summed E-state index contributed by atoms with van der Waals surface area (Å²) in [6.45, 7) is 2.76. The topological polar surface area (TPSA) is 119 Å². The van der Waals surface area contributed by atoms with Crippen molar-refractivity contribution in [2.24, 2.45) is 0 Å². The molecule has 9 heteroatoms. The van der Waals surface area contributed by atoms with Crippen LogP contribution < -0.4 is 5.32 Å². The van der Waals surface area contributed by atoms with E-state index in [1.165, 1.54) is 29.2 Å².